The minimum absolute atomic E-state index is 0.198. The molecule has 0 bridgehead atoms. The number of rotatable bonds is 6. The molecule has 9 nitrogen and oxygen atoms in total. The zero-order valence-electron chi connectivity index (χ0n) is 15.8. The number of anilines is 1. The zero-order chi connectivity index (χ0) is 19.8. The van der Waals surface area contributed by atoms with Gasteiger partial charge in [-0.1, -0.05) is 6.07 Å². The lowest BCUT2D eigenvalue weighted by atomic mass is 10.1. The Morgan fingerprint density at radius 2 is 2.00 bits per heavy atom. The predicted octanol–water partition coefficient (Wildman–Crippen LogP) is 1.83. The second-order valence-corrected chi connectivity index (χ2v) is 6.41. The molecule has 0 radical (unpaired) electrons. The summed E-state index contributed by atoms with van der Waals surface area (Å²) in [6.07, 6.45) is 3.01. The number of pyridine rings is 1. The first-order valence-corrected chi connectivity index (χ1v) is 9.35. The first-order chi connectivity index (χ1) is 13.7. The third kappa shape index (κ3) is 5.38. The van der Waals surface area contributed by atoms with Gasteiger partial charge in [-0.05, 0) is 44.0 Å². The van der Waals surface area contributed by atoms with Crippen molar-refractivity contribution in [3.63, 3.8) is 0 Å². The van der Waals surface area contributed by atoms with Crippen LogP contribution in [0.1, 0.15) is 35.9 Å². The molecule has 28 heavy (non-hydrogen) atoms. The monoisotopic (exact) mass is 384 g/mol. The average molecular weight is 384 g/mol. The number of piperidine rings is 1. The molecular formula is C19H24N6O3. The summed E-state index contributed by atoms with van der Waals surface area (Å²) in [6.45, 7) is 3.79. The summed E-state index contributed by atoms with van der Waals surface area (Å²) in [5.41, 5.74) is 1.02. The number of nitrogens with one attached hydrogen (secondary N) is 2. The molecule has 3 heterocycles. The van der Waals surface area contributed by atoms with E-state index in [0.29, 0.717) is 32.1 Å². The number of hydrogen-bond donors (Lipinski definition) is 2. The summed E-state index contributed by atoms with van der Waals surface area (Å²) in [5, 5.41) is 14.2. The van der Waals surface area contributed by atoms with Gasteiger partial charge in [0.15, 0.2) is 5.69 Å². The number of nitrogens with zero attached hydrogens (tertiary/aromatic N) is 4. The van der Waals surface area contributed by atoms with E-state index in [1.54, 1.807) is 30.2 Å². The minimum atomic E-state index is -0.299. The molecule has 0 aromatic carbocycles. The number of ether oxygens (including phenoxy) is 1. The van der Waals surface area contributed by atoms with Crippen molar-refractivity contribution >= 4 is 17.8 Å². The van der Waals surface area contributed by atoms with E-state index in [1.165, 1.54) is 0 Å². The molecule has 1 aliphatic heterocycles. The number of hydrogen-bond acceptors (Lipinski definition) is 7. The van der Waals surface area contributed by atoms with E-state index in [0.717, 1.165) is 18.5 Å². The highest BCUT2D eigenvalue weighted by molar-refractivity contribution is 5.92. The summed E-state index contributed by atoms with van der Waals surface area (Å²) >= 11 is 0. The maximum absolute atomic E-state index is 12.2. The molecule has 0 atom stereocenters. The van der Waals surface area contributed by atoms with Crippen LogP contribution in [-0.4, -0.2) is 57.8 Å². The maximum Gasteiger partial charge on any atom is 0.409 e. The number of amides is 2. The molecule has 0 spiro atoms. The highest BCUT2D eigenvalue weighted by atomic mass is 16.6. The van der Waals surface area contributed by atoms with E-state index < -0.39 is 0 Å². The molecule has 0 aliphatic carbocycles. The SMILES string of the molecule is CCOC(=O)N1CCC(Nc2ccc(C(=O)NCc3ccccn3)nn2)CC1. The lowest BCUT2D eigenvalue weighted by Gasteiger charge is -2.31. The first kappa shape index (κ1) is 19.5. The van der Waals surface area contributed by atoms with E-state index >= 15 is 0 Å². The van der Waals surface area contributed by atoms with Gasteiger partial charge in [-0.15, -0.1) is 10.2 Å². The molecular weight excluding hydrogens is 360 g/mol. The third-order valence-electron chi connectivity index (χ3n) is 4.43. The highest BCUT2D eigenvalue weighted by Gasteiger charge is 2.23. The Morgan fingerprint density at radius 1 is 1.18 bits per heavy atom. The first-order valence-electron chi connectivity index (χ1n) is 9.35. The molecule has 0 saturated carbocycles. The second kappa shape index (κ2) is 9.63. The summed E-state index contributed by atoms with van der Waals surface area (Å²) in [7, 11) is 0. The molecule has 1 saturated heterocycles. The Hall–Kier alpha value is -3.23. The second-order valence-electron chi connectivity index (χ2n) is 6.41. The topological polar surface area (TPSA) is 109 Å². The average Bonchev–Trinajstić information content (AvgIpc) is 2.74. The van der Waals surface area contributed by atoms with Crippen molar-refractivity contribution in [1.82, 2.24) is 25.4 Å². The van der Waals surface area contributed by atoms with E-state index in [1.807, 2.05) is 18.2 Å². The van der Waals surface area contributed by atoms with Crippen LogP contribution in [0.5, 0.6) is 0 Å². The van der Waals surface area contributed by atoms with Crippen molar-refractivity contribution in [2.75, 3.05) is 25.0 Å². The molecule has 148 valence electrons. The Kier molecular flexibility index (Phi) is 6.72. The van der Waals surface area contributed by atoms with Gasteiger partial charge in [0, 0.05) is 25.3 Å². The van der Waals surface area contributed by atoms with Crippen LogP contribution >= 0.6 is 0 Å². The molecule has 0 unspecified atom stereocenters. The Morgan fingerprint density at radius 3 is 2.64 bits per heavy atom. The fourth-order valence-electron chi connectivity index (χ4n) is 2.92. The number of carbonyl (C=O) groups is 2. The zero-order valence-corrected chi connectivity index (χ0v) is 15.8. The number of carbonyl (C=O) groups excluding carboxylic acids is 2. The van der Waals surface area contributed by atoms with Gasteiger partial charge in [-0.3, -0.25) is 9.78 Å². The minimum Gasteiger partial charge on any atom is -0.450 e. The van der Waals surface area contributed by atoms with Gasteiger partial charge < -0.3 is 20.3 Å². The Bertz CT molecular complexity index is 776. The predicted molar refractivity (Wildman–Crippen MR) is 103 cm³/mol. The molecule has 2 aromatic rings. The maximum atomic E-state index is 12.2. The molecule has 3 rings (SSSR count). The molecule has 9 heteroatoms. The molecule has 2 amide bonds. The van der Waals surface area contributed by atoms with Crippen LogP contribution in [0.2, 0.25) is 0 Å². The van der Waals surface area contributed by atoms with E-state index in [9.17, 15) is 9.59 Å². The standard InChI is InChI=1S/C19H24N6O3/c1-2-28-19(27)25-11-8-14(9-12-25)22-17-7-6-16(23-24-17)18(26)21-13-15-5-3-4-10-20-15/h3-7,10,14H,2,8-9,11-13H2,1H3,(H,21,26)(H,22,24). The van der Waals surface area contributed by atoms with Crippen LogP contribution in [0.25, 0.3) is 0 Å². The molecule has 1 aliphatic rings. The summed E-state index contributed by atoms with van der Waals surface area (Å²) < 4.78 is 5.02. The molecule has 1 fully saturated rings. The third-order valence-corrected chi connectivity index (χ3v) is 4.43. The smallest absolute Gasteiger partial charge is 0.409 e. The van der Waals surface area contributed by atoms with Crippen molar-refractivity contribution < 1.29 is 14.3 Å². The lowest BCUT2D eigenvalue weighted by Crippen LogP contribution is -2.42. The Balaban J connectivity index is 1.45. The fourth-order valence-corrected chi connectivity index (χ4v) is 2.92. The van der Waals surface area contributed by atoms with Crippen molar-refractivity contribution in [2.24, 2.45) is 0 Å². The van der Waals surface area contributed by atoms with Gasteiger partial charge in [0.25, 0.3) is 5.91 Å². The van der Waals surface area contributed by atoms with Crippen LogP contribution in [0.3, 0.4) is 0 Å². The summed E-state index contributed by atoms with van der Waals surface area (Å²) in [4.78, 5) is 29.8. The van der Waals surface area contributed by atoms with Gasteiger partial charge >= 0.3 is 6.09 Å². The van der Waals surface area contributed by atoms with E-state index in [2.05, 4.69) is 25.8 Å². The molecule has 2 N–H and O–H groups in total. The van der Waals surface area contributed by atoms with Crippen molar-refractivity contribution in [1.29, 1.82) is 0 Å². The van der Waals surface area contributed by atoms with Crippen LogP contribution < -0.4 is 10.6 Å². The van der Waals surface area contributed by atoms with Gasteiger partial charge in [0.05, 0.1) is 18.8 Å². The lowest BCUT2D eigenvalue weighted by molar-refractivity contribution is 0.0943. The highest BCUT2D eigenvalue weighted by Crippen LogP contribution is 2.15. The van der Waals surface area contributed by atoms with Crippen molar-refractivity contribution in [3.05, 3.63) is 47.9 Å². The van der Waals surface area contributed by atoms with Crippen LogP contribution in [-0.2, 0) is 11.3 Å². The number of aromatic nitrogens is 3. The van der Waals surface area contributed by atoms with Crippen LogP contribution in [0.15, 0.2) is 36.5 Å². The van der Waals surface area contributed by atoms with Gasteiger partial charge in [-0.2, -0.15) is 0 Å². The van der Waals surface area contributed by atoms with Crippen molar-refractivity contribution in [3.8, 4) is 0 Å². The van der Waals surface area contributed by atoms with E-state index in [-0.39, 0.29) is 23.7 Å². The van der Waals surface area contributed by atoms with Crippen molar-refractivity contribution in [2.45, 2.75) is 32.4 Å². The largest absolute Gasteiger partial charge is 0.450 e. The van der Waals surface area contributed by atoms with Crippen LogP contribution in [0.4, 0.5) is 10.6 Å². The number of likely N-dealkylation sites (tertiary alicyclic amines) is 1. The van der Waals surface area contributed by atoms with Gasteiger partial charge in [0.2, 0.25) is 0 Å². The Labute approximate surface area is 163 Å². The summed E-state index contributed by atoms with van der Waals surface area (Å²) in [6, 6.07) is 9.10. The van der Waals surface area contributed by atoms with Gasteiger partial charge in [-0.25, -0.2) is 4.79 Å². The van der Waals surface area contributed by atoms with Gasteiger partial charge in [0.1, 0.15) is 5.82 Å². The quantitative estimate of drug-likeness (QED) is 0.782. The summed E-state index contributed by atoms with van der Waals surface area (Å²) in [5.74, 6) is 0.309. The fraction of sp³-hybridized carbons (Fsp3) is 0.421. The molecule has 2 aromatic heterocycles. The van der Waals surface area contributed by atoms with E-state index in [4.69, 9.17) is 4.74 Å². The van der Waals surface area contributed by atoms with Crippen LogP contribution in [0, 0.1) is 0 Å². The normalized spacial score (nSPS) is 14.4.